The number of carbonyl (C=O) groups is 2. The third-order valence-electron chi connectivity index (χ3n) is 4.78. The number of nitrogens with zero attached hydrogens (tertiary/aromatic N) is 1. The third kappa shape index (κ3) is 6.08. The topological polar surface area (TPSA) is 67.9 Å². The number of carbonyl (C=O) groups excluding carboxylic acids is 2. The average Bonchev–Trinajstić information content (AvgIpc) is 2.73. The summed E-state index contributed by atoms with van der Waals surface area (Å²) in [5, 5.41) is 2.41. The predicted molar refractivity (Wildman–Crippen MR) is 103 cm³/mol. The second kappa shape index (κ2) is 9.84. The van der Waals surface area contributed by atoms with Crippen LogP contribution in [0.2, 0.25) is 0 Å². The molecule has 3 rings (SSSR count). The van der Waals surface area contributed by atoms with E-state index < -0.39 is 36.5 Å². The maximum absolute atomic E-state index is 12.9. The van der Waals surface area contributed by atoms with Crippen LogP contribution in [0.1, 0.15) is 23.2 Å². The van der Waals surface area contributed by atoms with Crippen molar-refractivity contribution in [3.8, 4) is 11.5 Å². The van der Waals surface area contributed by atoms with Gasteiger partial charge >= 0.3 is 13.0 Å². The van der Waals surface area contributed by atoms with Gasteiger partial charge in [-0.05, 0) is 37.1 Å². The molecule has 6 nitrogen and oxygen atoms in total. The van der Waals surface area contributed by atoms with Crippen molar-refractivity contribution in [3.05, 3.63) is 54.1 Å². The third-order valence-corrected chi connectivity index (χ3v) is 4.78. The van der Waals surface area contributed by atoms with Gasteiger partial charge in [-0.3, -0.25) is 9.59 Å². The number of rotatable bonds is 6. The molecule has 1 aliphatic heterocycles. The lowest BCUT2D eigenvalue weighted by Gasteiger charge is -2.32. The summed E-state index contributed by atoms with van der Waals surface area (Å²) in [6.45, 7) is -2.85. The van der Waals surface area contributed by atoms with Crippen LogP contribution in [0.25, 0.3) is 0 Å². The molecule has 2 aromatic carbocycles. The SMILES string of the molecule is O=C(Nc1ccccc1OC(F)(F)F)C1CCCN(C(=O)c2ccccc2OC(F)F)C1. The molecule has 1 unspecified atom stereocenters. The molecule has 1 saturated heterocycles. The van der Waals surface area contributed by atoms with Crippen LogP contribution in [0.3, 0.4) is 0 Å². The number of hydrogen-bond donors (Lipinski definition) is 1. The van der Waals surface area contributed by atoms with Crippen molar-refractivity contribution in [1.29, 1.82) is 0 Å². The zero-order valence-corrected chi connectivity index (χ0v) is 16.6. The van der Waals surface area contributed by atoms with E-state index in [1.54, 1.807) is 0 Å². The first-order chi connectivity index (χ1) is 15.1. The van der Waals surface area contributed by atoms with E-state index in [2.05, 4.69) is 14.8 Å². The van der Waals surface area contributed by atoms with Gasteiger partial charge in [0.05, 0.1) is 17.2 Å². The highest BCUT2D eigenvalue weighted by molar-refractivity contribution is 5.98. The van der Waals surface area contributed by atoms with Gasteiger partial charge < -0.3 is 19.7 Å². The van der Waals surface area contributed by atoms with Gasteiger partial charge in [-0.25, -0.2) is 0 Å². The highest BCUT2D eigenvalue weighted by Crippen LogP contribution is 2.31. The van der Waals surface area contributed by atoms with Crippen molar-refractivity contribution in [1.82, 2.24) is 4.90 Å². The average molecular weight is 458 g/mol. The second-order valence-electron chi connectivity index (χ2n) is 7.00. The van der Waals surface area contributed by atoms with Gasteiger partial charge in [-0.2, -0.15) is 8.78 Å². The van der Waals surface area contributed by atoms with E-state index in [1.807, 2.05) is 0 Å². The van der Waals surface area contributed by atoms with E-state index in [1.165, 1.54) is 47.4 Å². The van der Waals surface area contributed by atoms with Crippen LogP contribution in [0.15, 0.2) is 48.5 Å². The van der Waals surface area contributed by atoms with E-state index in [0.29, 0.717) is 19.4 Å². The largest absolute Gasteiger partial charge is 0.573 e. The number of halogens is 5. The summed E-state index contributed by atoms with van der Waals surface area (Å²) < 4.78 is 71.4. The monoisotopic (exact) mass is 458 g/mol. The van der Waals surface area contributed by atoms with Crippen molar-refractivity contribution >= 4 is 17.5 Å². The number of amides is 2. The molecule has 2 amide bonds. The molecule has 1 atom stereocenters. The minimum absolute atomic E-state index is 0.0318. The summed E-state index contributed by atoms with van der Waals surface area (Å²) >= 11 is 0. The molecule has 172 valence electrons. The van der Waals surface area contributed by atoms with Gasteiger partial charge in [-0.15, -0.1) is 13.2 Å². The lowest BCUT2D eigenvalue weighted by molar-refractivity contribution is -0.274. The van der Waals surface area contributed by atoms with Crippen LogP contribution in [-0.2, 0) is 4.79 Å². The van der Waals surface area contributed by atoms with Gasteiger partial charge in [0.2, 0.25) is 5.91 Å². The van der Waals surface area contributed by atoms with E-state index in [4.69, 9.17) is 0 Å². The van der Waals surface area contributed by atoms with Gasteiger partial charge in [0.25, 0.3) is 5.91 Å². The first-order valence-corrected chi connectivity index (χ1v) is 9.63. The minimum Gasteiger partial charge on any atom is -0.434 e. The lowest BCUT2D eigenvalue weighted by atomic mass is 9.96. The minimum atomic E-state index is -4.93. The Balaban J connectivity index is 1.71. The summed E-state index contributed by atoms with van der Waals surface area (Å²) in [4.78, 5) is 26.9. The van der Waals surface area contributed by atoms with E-state index in [9.17, 15) is 31.5 Å². The molecule has 1 fully saturated rings. The van der Waals surface area contributed by atoms with Crippen LogP contribution in [0, 0.1) is 5.92 Å². The zero-order valence-electron chi connectivity index (χ0n) is 16.6. The van der Waals surface area contributed by atoms with E-state index in [0.717, 1.165) is 6.07 Å². The number of piperidine rings is 1. The van der Waals surface area contributed by atoms with Crippen molar-refractivity contribution in [2.75, 3.05) is 18.4 Å². The summed E-state index contributed by atoms with van der Waals surface area (Å²) in [6, 6.07) is 10.6. The van der Waals surface area contributed by atoms with Crippen molar-refractivity contribution in [2.24, 2.45) is 5.92 Å². The van der Waals surface area contributed by atoms with Gasteiger partial charge in [-0.1, -0.05) is 24.3 Å². The van der Waals surface area contributed by atoms with Crippen molar-refractivity contribution in [2.45, 2.75) is 25.8 Å². The fourth-order valence-corrected chi connectivity index (χ4v) is 3.41. The van der Waals surface area contributed by atoms with E-state index in [-0.39, 0.29) is 23.5 Å². The van der Waals surface area contributed by atoms with Gasteiger partial charge in [0.1, 0.15) is 5.75 Å². The predicted octanol–water partition coefficient (Wildman–Crippen LogP) is 4.68. The number of alkyl halides is 5. The number of likely N-dealkylation sites (tertiary alicyclic amines) is 1. The molecule has 32 heavy (non-hydrogen) atoms. The standard InChI is InChI=1S/C21H19F5N2O4/c22-20(23)31-16-9-3-1-7-14(16)19(30)28-11-5-6-13(12-28)18(29)27-15-8-2-4-10-17(15)32-21(24,25)26/h1-4,7-10,13,20H,5-6,11-12H2,(H,27,29). The Bertz CT molecular complexity index is 967. The fourth-order valence-electron chi connectivity index (χ4n) is 3.41. The molecule has 0 aliphatic carbocycles. The molecular weight excluding hydrogens is 439 g/mol. The summed E-state index contributed by atoms with van der Waals surface area (Å²) in [5.41, 5.74) is -0.230. The van der Waals surface area contributed by atoms with Gasteiger partial charge in [0, 0.05) is 13.1 Å². The Kier molecular flexibility index (Phi) is 7.16. The maximum atomic E-state index is 12.9. The van der Waals surface area contributed by atoms with Crippen LogP contribution in [-0.4, -0.2) is 42.8 Å². The van der Waals surface area contributed by atoms with E-state index >= 15 is 0 Å². The van der Waals surface area contributed by atoms with Crippen LogP contribution >= 0.6 is 0 Å². The molecule has 0 saturated carbocycles. The number of benzene rings is 2. The van der Waals surface area contributed by atoms with Crippen molar-refractivity contribution < 1.29 is 41.0 Å². The molecule has 0 radical (unpaired) electrons. The maximum Gasteiger partial charge on any atom is 0.573 e. The number of para-hydroxylation sites is 3. The van der Waals surface area contributed by atoms with Crippen LogP contribution < -0.4 is 14.8 Å². The molecule has 0 aromatic heterocycles. The van der Waals surface area contributed by atoms with Gasteiger partial charge in [0.15, 0.2) is 5.75 Å². The fraction of sp³-hybridized carbons (Fsp3) is 0.333. The molecule has 1 N–H and O–H groups in total. The normalized spacial score (nSPS) is 16.6. The second-order valence-corrected chi connectivity index (χ2v) is 7.00. The number of anilines is 1. The quantitative estimate of drug-likeness (QED) is 0.639. The lowest BCUT2D eigenvalue weighted by Crippen LogP contribution is -2.44. The number of nitrogens with one attached hydrogen (secondary N) is 1. The molecule has 0 spiro atoms. The Labute approximate surface area is 179 Å². The molecule has 11 heteroatoms. The Hall–Kier alpha value is -3.37. The summed E-state index contributed by atoms with van der Waals surface area (Å²) in [7, 11) is 0. The molecular formula is C21H19F5N2O4. The number of ether oxygens (including phenoxy) is 2. The molecule has 1 aliphatic rings. The highest BCUT2D eigenvalue weighted by atomic mass is 19.4. The Morgan fingerprint density at radius 2 is 1.69 bits per heavy atom. The smallest absolute Gasteiger partial charge is 0.434 e. The molecule has 0 bridgehead atoms. The van der Waals surface area contributed by atoms with Crippen molar-refractivity contribution in [3.63, 3.8) is 0 Å². The molecule has 2 aromatic rings. The zero-order chi connectivity index (χ0) is 23.3. The first-order valence-electron chi connectivity index (χ1n) is 9.63. The number of hydrogen-bond acceptors (Lipinski definition) is 4. The Morgan fingerprint density at radius 3 is 2.38 bits per heavy atom. The van der Waals surface area contributed by atoms with Crippen LogP contribution in [0.4, 0.5) is 27.6 Å². The summed E-state index contributed by atoms with van der Waals surface area (Å²) in [5.74, 6) is -2.72. The first kappa shape index (κ1) is 23.3. The highest BCUT2D eigenvalue weighted by Gasteiger charge is 2.34. The van der Waals surface area contributed by atoms with Crippen LogP contribution in [0.5, 0.6) is 11.5 Å². The Morgan fingerprint density at radius 1 is 1.03 bits per heavy atom. The summed E-state index contributed by atoms with van der Waals surface area (Å²) in [6.07, 6.45) is -4.09. The molecule has 1 heterocycles.